The van der Waals surface area contributed by atoms with Gasteiger partial charge in [0.2, 0.25) is 0 Å². The molecule has 1 heteroatoms. The number of hydrogen-bond acceptors (Lipinski definition) is 1. The van der Waals surface area contributed by atoms with Crippen molar-refractivity contribution in [1.29, 1.82) is 0 Å². The van der Waals surface area contributed by atoms with Crippen LogP contribution < -0.4 is 4.90 Å². The molecule has 0 saturated heterocycles. The first-order chi connectivity index (χ1) is 11.4. The lowest BCUT2D eigenvalue weighted by Gasteiger charge is -2.22. The van der Waals surface area contributed by atoms with E-state index in [1.54, 1.807) is 0 Å². The summed E-state index contributed by atoms with van der Waals surface area (Å²) in [5, 5.41) is 0. The van der Waals surface area contributed by atoms with Crippen LogP contribution in [0.1, 0.15) is 46.7 Å². The van der Waals surface area contributed by atoms with Gasteiger partial charge in [-0.25, -0.2) is 0 Å². The van der Waals surface area contributed by atoms with E-state index in [1.807, 2.05) is 0 Å². The van der Waals surface area contributed by atoms with Crippen LogP contribution in [0, 0.1) is 27.7 Å². The van der Waals surface area contributed by atoms with Crippen LogP contribution in [0.2, 0.25) is 0 Å². The molecule has 0 amide bonds. The molecule has 24 heavy (non-hydrogen) atoms. The third-order valence-corrected chi connectivity index (χ3v) is 4.90. The Labute approximate surface area is 146 Å². The first-order valence-corrected chi connectivity index (χ1v) is 8.66. The molecule has 0 aliphatic heterocycles. The molecular weight excluding hydrogens is 290 g/mol. The van der Waals surface area contributed by atoms with Crippen LogP contribution in [0.5, 0.6) is 0 Å². The van der Waals surface area contributed by atoms with Gasteiger partial charge in [0.15, 0.2) is 0 Å². The van der Waals surface area contributed by atoms with Gasteiger partial charge in [0.25, 0.3) is 0 Å². The van der Waals surface area contributed by atoms with Crippen molar-refractivity contribution in [3.8, 4) is 0 Å². The van der Waals surface area contributed by atoms with Crippen LogP contribution in [-0.4, -0.2) is 7.05 Å². The van der Waals surface area contributed by atoms with Gasteiger partial charge in [-0.15, -0.1) is 0 Å². The first kappa shape index (κ1) is 16.6. The lowest BCUT2D eigenvalue weighted by Crippen LogP contribution is -2.12. The predicted octanol–water partition coefficient (Wildman–Crippen LogP) is 6.20. The van der Waals surface area contributed by atoms with Gasteiger partial charge in [-0.1, -0.05) is 35.9 Å². The highest BCUT2D eigenvalue weighted by atomic mass is 15.1. The van der Waals surface area contributed by atoms with Crippen molar-refractivity contribution in [3.05, 3.63) is 76.0 Å². The van der Waals surface area contributed by atoms with E-state index >= 15 is 0 Å². The molecule has 0 spiro atoms. The topological polar surface area (TPSA) is 3.24 Å². The first-order valence-electron chi connectivity index (χ1n) is 8.66. The summed E-state index contributed by atoms with van der Waals surface area (Å²) in [4.78, 5) is 2.29. The van der Waals surface area contributed by atoms with Crippen LogP contribution in [0.15, 0.2) is 42.6 Å². The van der Waals surface area contributed by atoms with Crippen molar-refractivity contribution >= 4 is 16.8 Å². The van der Waals surface area contributed by atoms with Gasteiger partial charge in [-0.05, 0) is 80.5 Å². The molecule has 2 aromatic carbocycles. The molecule has 0 fully saturated rings. The monoisotopic (exact) mass is 317 g/mol. The van der Waals surface area contributed by atoms with E-state index in [2.05, 4.69) is 89.2 Å². The molecule has 1 nitrogen and oxygen atoms in total. The SMILES string of the molecule is CC(=CN(C)c1c(C)cc(C)cc1C1=CC1)c1ccc(C)c(C)c1. The van der Waals surface area contributed by atoms with Crippen molar-refractivity contribution in [1.82, 2.24) is 0 Å². The maximum Gasteiger partial charge on any atom is 0.0509 e. The number of rotatable bonds is 4. The van der Waals surface area contributed by atoms with E-state index < -0.39 is 0 Å². The van der Waals surface area contributed by atoms with Gasteiger partial charge in [0, 0.05) is 18.8 Å². The van der Waals surface area contributed by atoms with Gasteiger partial charge >= 0.3 is 0 Å². The summed E-state index contributed by atoms with van der Waals surface area (Å²) in [6.07, 6.45) is 5.70. The minimum Gasteiger partial charge on any atom is -0.350 e. The Kier molecular flexibility index (Phi) is 4.36. The highest BCUT2D eigenvalue weighted by Crippen LogP contribution is 2.40. The van der Waals surface area contributed by atoms with Crippen molar-refractivity contribution in [2.75, 3.05) is 11.9 Å². The number of nitrogens with zero attached hydrogens (tertiary/aromatic N) is 1. The third-order valence-electron chi connectivity index (χ3n) is 4.90. The Balaban J connectivity index is 1.98. The van der Waals surface area contributed by atoms with Crippen molar-refractivity contribution in [3.63, 3.8) is 0 Å². The summed E-state index contributed by atoms with van der Waals surface area (Å²) in [5.74, 6) is 0. The van der Waals surface area contributed by atoms with Gasteiger partial charge < -0.3 is 4.90 Å². The van der Waals surface area contributed by atoms with Crippen LogP contribution >= 0.6 is 0 Å². The highest BCUT2D eigenvalue weighted by molar-refractivity contribution is 5.87. The summed E-state index contributed by atoms with van der Waals surface area (Å²) in [6, 6.07) is 11.3. The highest BCUT2D eigenvalue weighted by Gasteiger charge is 2.18. The van der Waals surface area contributed by atoms with E-state index in [9.17, 15) is 0 Å². The Morgan fingerprint density at radius 3 is 2.29 bits per heavy atom. The average molecular weight is 317 g/mol. The Morgan fingerprint density at radius 2 is 1.67 bits per heavy atom. The summed E-state index contributed by atoms with van der Waals surface area (Å²) in [7, 11) is 2.16. The fraction of sp³-hybridized carbons (Fsp3) is 0.304. The molecule has 0 bridgehead atoms. The molecule has 0 aromatic heterocycles. The van der Waals surface area contributed by atoms with Crippen molar-refractivity contribution < 1.29 is 0 Å². The largest absolute Gasteiger partial charge is 0.350 e. The number of hydrogen-bond donors (Lipinski definition) is 0. The van der Waals surface area contributed by atoms with Gasteiger partial charge in [0.05, 0.1) is 5.69 Å². The van der Waals surface area contributed by atoms with Crippen LogP contribution in [0.25, 0.3) is 11.1 Å². The fourth-order valence-electron chi connectivity index (χ4n) is 3.36. The molecule has 124 valence electrons. The molecule has 0 unspecified atom stereocenters. The second-order valence-corrected chi connectivity index (χ2v) is 7.13. The summed E-state index contributed by atoms with van der Waals surface area (Å²) in [5.41, 5.74) is 12.1. The zero-order chi connectivity index (χ0) is 17.4. The molecule has 3 rings (SSSR count). The van der Waals surface area contributed by atoms with Gasteiger partial charge in [-0.2, -0.15) is 0 Å². The number of benzene rings is 2. The molecule has 1 aliphatic rings. The average Bonchev–Trinajstić information content (AvgIpc) is 3.33. The lowest BCUT2D eigenvalue weighted by molar-refractivity contribution is 1.16. The molecule has 1 aliphatic carbocycles. The minimum absolute atomic E-state index is 1.13. The molecule has 2 aromatic rings. The summed E-state index contributed by atoms with van der Waals surface area (Å²) in [6.45, 7) is 10.9. The van der Waals surface area contributed by atoms with Crippen molar-refractivity contribution in [2.45, 2.75) is 41.0 Å². The maximum atomic E-state index is 2.32. The van der Waals surface area contributed by atoms with E-state index in [0.717, 1.165) is 6.42 Å². The second kappa shape index (κ2) is 6.32. The number of aryl methyl sites for hydroxylation is 4. The Morgan fingerprint density at radius 1 is 0.958 bits per heavy atom. The third kappa shape index (κ3) is 3.31. The molecule has 0 N–H and O–H groups in total. The lowest BCUT2D eigenvalue weighted by atomic mass is 10.00. The predicted molar refractivity (Wildman–Crippen MR) is 106 cm³/mol. The Hall–Kier alpha value is -2.28. The van der Waals surface area contributed by atoms with Crippen LogP contribution in [0.3, 0.4) is 0 Å². The molecule has 0 radical (unpaired) electrons. The second-order valence-electron chi connectivity index (χ2n) is 7.13. The summed E-state index contributed by atoms with van der Waals surface area (Å²) < 4.78 is 0. The van der Waals surface area contributed by atoms with Crippen LogP contribution in [0.4, 0.5) is 5.69 Å². The summed E-state index contributed by atoms with van der Waals surface area (Å²) >= 11 is 0. The van der Waals surface area contributed by atoms with Gasteiger partial charge in [0.1, 0.15) is 0 Å². The Bertz CT molecular complexity index is 853. The fourth-order valence-corrected chi connectivity index (χ4v) is 3.36. The maximum absolute atomic E-state index is 2.32. The standard InChI is InChI=1S/C23H27N/c1-15-11-18(4)23(22(12-15)20-9-10-20)24(6)14-19(5)21-8-7-16(2)17(3)13-21/h7-9,11-14H,10H2,1-6H3. The van der Waals surface area contributed by atoms with Crippen molar-refractivity contribution in [2.24, 2.45) is 0 Å². The van der Waals surface area contributed by atoms with E-state index in [1.165, 1.54) is 50.2 Å². The van der Waals surface area contributed by atoms with E-state index in [0.29, 0.717) is 0 Å². The molecular formula is C23H27N. The zero-order valence-corrected chi connectivity index (χ0v) is 15.7. The smallest absolute Gasteiger partial charge is 0.0509 e. The zero-order valence-electron chi connectivity index (χ0n) is 15.7. The normalized spacial score (nSPS) is 13.8. The number of anilines is 1. The number of allylic oxidation sites excluding steroid dienone is 3. The van der Waals surface area contributed by atoms with E-state index in [-0.39, 0.29) is 0 Å². The quantitative estimate of drug-likeness (QED) is 0.648. The molecule has 0 heterocycles. The van der Waals surface area contributed by atoms with Gasteiger partial charge in [-0.3, -0.25) is 0 Å². The molecule has 0 saturated carbocycles. The minimum atomic E-state index is 1.13. The van der Waals surface area contributed by atoms with Crippen LogP contribution in [-0.2, 0) is 0 Å². The molecule has 0 atom stereocenters. The van der Waals surface area contributed by atoms with E-state index in [4.69, 9.17) is 0 Å².